The van der Waals surface area contributed by atoms with E-state index in [1.54, 1.807) is 17.5 Å². The molecule has 2 heterocycles. The summed E-state index contributed by atoms with van der Waals surface area (Å²) in [5.74, 6) is 0.596. The molecule has 0 spiro atoms. The largest absolute Gasteiger partial charge is 0.309 e. The highest BCUT2D eigenvalue weighted by atomic mass is 35.5. The Balaban J connectivity index is 1.88. The first kappa shape index (κ1) is 14.9. The zero-order chi connectivity index (χ0) is 14.8. The van der Waals surface area contributed by atoms with E-state index in [9.17, 15) is 0 Å². The fourth-order valence-corrected chi connectivity index (χ4v) is 3.55. The van der Waals surface area contributed by atoms with Crippen molar-refractivity contribution in [3.63, 3.8) is 0 Å². The van der Waals surface area contributed by atoms with Gasteiger partial charge in [0.15, 0.2) is 0 Å². The first-order valence-corrected chi connectivity index (χ1v) is 8.65. The lowest BCUT2D eigenvalue weighted by Crippen LogP contribution is -2.15. The molecule has 0 aromatic carbocycles. The molecule has 1 N–H and O–H groups in total. The molecule has 1 fully saturated rings. The quantitative estimate of drug-likeness (QED) is 0.861. The molecule has 0 saturated heterocycles. The zero-order valence-corrected chi connectivity index (χ0v) is 14.0. The summed E-state index contributed by atoms with van der Waals surface area (Å²) >= 11 is 7.97. The summed E-state index contributed by atoms with van der Waals surface area (Å²) < 4.78 is 0. The molecule has 0 bridgehead atoms. The zero-order valence-electron chi connectivity index (χ0n) is 12.4. The van der Waals surface area contributed by atoms with E-state index >= 15 is 0 Å². The average molecular weight is 322 g/mol. The minimum atomic E-state index is 0.596. The van der Waals surface area contributed by atoms with E-state index in [0.717, 1.165) is 23.7 Å². The van der Waals surface area contributed by atoms with Crippen molar-refractivity contribution in [2.75, 3.05) is 0 Å². The third-order valence-corrected chi connectivity index (χ3v) is 4.88. The van der Waals surface area contributed by atoms with Gasteiger partial charge in [0, 0.05) is 23.7 Å². The number of aromatic nitrogens is 2. The maximum Gasteiger partial charge on any atom is 0.143 e. The molecule has 1 aliphatic carbocycles. The van der Waals surface area contributed by atoms with Gasteiger partial charge in [-0.1, -0.05) is 25.4 Å². The molecule has 0 amide bonds. The van der Waals surface area contributed by atoms with Crippen LogP contribution < -0.4 is 5.32 Å². The Morgan fingerprint density at radius 2 is 2.24 bits per heavy atom. The van der Waals surface area contributed by atoms with E-state index in [2.05, 4.69) is 24.1 Å². The standard InChI is InChI=1S/C16H20ClN3S/c1-10(2)8-13-14(9-19-11-5-6-11)21-16(20-13)15-12(17)4-3-7-18-15/h3-4,7,10-11,19H,5-6,8-9H2,1-2H3. The summed E-state index contributed by atoms with van der Waals surface area (Å²) in [5.41, 5.74) is 1.99. The van der Waals surface area contributed by atoms with Gasteiger partial charge in [-0.2, -0.15) is 0 Å². The second-order valence-electron chi connectivity index (χ2n) is 5.98. The van der Waals surface area contributed by atoms with Crippen LogP contribution in [0, 0.1) is 5.92 Å². The Hall–Kier alpha value is -0.970. The van der Waals surface area contributed by atoms with Crippen LogP contribution in [0.25, 0.3) is 10.7 Å². The summed E-state index contributed by atoms with van der Waals surface area (Å²) in [7, 11) is 0. The van der Waals surface area contributed by atoms with Gasteiger partial charge < -0.3 is 5.32 Å². The van der Waals surface area contributed by atoms with Crippen molar-refractivity contribution in [1.29, 1.82) is 0 Å². The highest BCUT2D eigenvalue weighted by Gasteiger charge is 2.22. The van der Waals surface area contributed by atoms with Gasteiger partial charge in [-0.3, -0.25) is 4.98 Å². The Kier molecular flexibility index (Phi) is 4.57. The molecule has 3 nitrogen and oxygen atoms in total. The molecule has 112 valence electrons. The van der Waals surface area contributed by atoms with Crippen molar-refractivity contribution < 1.29 is 0 Å². The van der Waals surface area contributed by atoms with Crippen molar-refractivity contribution in [1.82, 2.24) is 15.3 Å². The van der Waals surface area contributed by atoms with E-state index in [1.165, 1.54) is 23.4 Å². The van der Waals surface area contributed by atoms with Gasteiger partial charge in [0.05, 0.1) is 10.7 Å². The summed E-state index contributed by atoms with van der Waals surface area (Å²) in [6, 6.07) is 4.43. The lowest BCUT2D eigenvalue weighted by atomic mass is 10.1. The summed E-state index contributed by atoms with van der Waals surface area (Å²) in [5, 5.41) is 5.19. The summed E-state index contributed by atoms with van der Waals surface area (Å²) in [4.78, 5) is 10.5. The van der Waals surface area contributed by atoms with Gasteiger partial charge in [0.25, 0.3) is 0 Å². The Morgan fingerprint density at radius 3 is 2.90 bits per heavy atom. The van der Waals surface area contributed by atoms with Gasteiger partial charge in [0.2, 0.25) is 0 Å². The number of pyridine rings is 1. The molecule has 0 radical (unpaired) electrons. The lowest BCUT2D eigenvalue weighted by molar-refractivity contribution is 0.624. The van der Waals surface area contributed by atoms with Crippen molar-refractivity contribution in [3.05, 3.63) is 33.9 Å². The number of nitrogens with one attached hydrogen (secondary N) is 1. The predicted molar refractivity (Wildman–Crippen MR) is 88.8 cm³/mol. The SMILES string of the molecule is CC(C)Cc1nc(-c2ncccc2Cl)sc1CNC1CC1. The molecular formula is C16H20ClN3S. The molecule has 0 unspecified atom stereocenters. The molecule has 1 saturated carbocycles. The van der Waals surface area contributed by atoms with Crippen LogP contribution in [-0.4, -0.2) is 16.0 Å². The fourth-order valence-electron chi connectivity index (χ4n) is 2.24. The van der Waals surface area contributed by atoms with Crippen LogP contribution in [0.4, 0.5) is 0 Å². The number of thiazole rings is 1. The lowest BCUT2D eigenvalue weighted by Gasteiger charge is -2.05. The van der Waals surface area contributed by atoms with Crippen LogP contribution >= 0.6 is 22.9 Å². The number of halogens is 1. The average Bonchev–Trinajstić information content (AvgIpc) is 3.19. The number of nitrogens with zero attached hydrogens (tertiary/aromatic N) is 2. The third-order valence-electron chi connectivity index (χ3n) is 3.47. The van der Waals surface area contributed by atoms with Gasteiger partial charge in [-0.25, -0.2) is 4.98 Å². The van der Waals surface area contributed by atoms with Crippen molar-refractivity contribution >= 4 is 22.9 Å². The predicted octanol–water partition coefficient (Wildman–Crippen LogP) is 4.31. The molecule has 5 heteroatoms. The summed E-state index contributed by atoms with van der Waals surface area (Å²) in [6.07, 6.45) is 5.38. The van der Waals surface area contributed by atoms with Crippen LogP contribution in [0.2, 0.25) is 5.02 Å². The van der Waals surface area contributed by atoms with Gasteiger partial charge in [-0.15, -0.1) is 11.3 Å². The van der Waals surface area contributed by atoms with Gasteiger partial charge >= 0.3 is 0 Å². The molecule has 0 aliphatic heterocycles. The Bertz CT molecular complexity index is 620. The molecule has 1 aliphatic rings. The molecule has 3 rings (SSSR count). The molecule has 2 aromatic rings. The molecular weight excluding hydrogens is 302 g/mol. The van der Waals surface area contributed by atoms with Crippen LogP contribution in [0.1, 0.15) is 37.3 Å². The van der Waals surface area contributed by atoms with E-state index in [-0.39, 0.29) is 0 Å². The van der Waals surface area contributed by atoms with Gasteiger partial charge in [0.1, 0.15) is 10.7 Å². The van der Waals surface area contributed by atoms with E-state index < -0.39 is 0 Å². The molecule has 21 heavy (non-hydrogen) atoms. The first-order valence-electron chi connectivity index (χ1n) is 7.46. The summed E-state index contributed by atoms with van der Waals surface area (Å²) in [6.45, 7) is 5.37. The molecule has 0 atom stereocenters. The third kappa shape index (κ3) is 3.82. The monoisotopic (exact) mass is 321 g/mol. The highest BCUT2D eigenvalue weighted by Crippen LogP contribution is 2.32. The number of rotatable bonds is 6. The van der Waals surface area contributed by atoms with Gasteiger partial charge in [-0.05, 0) is 37.3 Å². The highest BCUT2D eigenvalue weighted by molar-refractivity contribution is 7.15. The topological polar surface area (TPSA) is 37.8 Å². The van der Waals surface area contributed by atoms with Crippen LogP contribution in [0.5, 0.6) is 0 Å². The normalized spacial score (nSPS) is 14.9. The van der Waals surface area contributed by atoms with E-state index in [0.29, 0.717) is 17.0 Å². The van der Waals surface area contributed by atoms with Crippen LogP contribution in [-0.2, 0) is 13.0 Å². The first-order chi connectivity index (χ1) is 10.1. The second kappa shape index (κ2) is 6.42. The maximum atomic E-state index is 6.25. The minimum absolute atomic E-state index is 0.596. The van der Waals surface area contributed by atoms with E-state index in [4.69, 9.17) is 16.6 Å². The maximum absolute atomic E-state index is 6.25. The molecule has 2 aromatic heterocycles. The van der Waals surface area contributed by atoms with Crippen LogP contribution in [0.15, 0.2) is 18.3 Å². The Morgan fingerprint density at radius 1 is 1.43 bits per heavy atom. The Labute approximate surface area is 134 Å². The van der Waals surface area contributed by atoms with E-state index in [1.807, 2.05) is 12.1 Å². The minimum Gasteiger partial charge on any atom is -0.309 e. The number of hydrogen-bond donors (Lipinski definition) is 1. The smallest absolute Gasteiger partial charge is 0.143 e. The fraction of sp³-hybridized carbons (Fsp3) is 0.500. The van der Waals surface area contributed by atoms with Crippen LogP contribution in [0.3, 0.4) is 0 Å². The van der Waals surface area contributed by atoms with Crippen molar-refractivity contribution in [3.8, 4) is 10.7 Å². The number of hydrogen-bond acceptors (Lipinski definition) is 4. The van der Waals surface area contributed by atoms with Crippen molar-refractivity contribution in [2.45, 2.75) is 45.7 Å². The van der Waals surface area contributed by atoms with Crippen molar-refractivity contribution in [2.24, 2.45) is 5.92 Å². The second-order valence-corrected chi connectivity index (χ2v) is 7.47.